The number of carbonyl (C=O) groups excluding carboxylic acids is 1. The van der Waals surface area contributed by atoms with Crippen LogP contribution in [-0.2, 0) is 0 Å². The molecule has 24 heavy (non-hydrogen) atoms. The first-order valence-corrected chi connectivity index (χ1v) is 8.25. The molecule has 0 aromatic heterocycles. The summed E-state index contributed by atoms with van der Waals surface area (Å²) in [6, 6.07) is 16.8. The molecule has 2 aromatic rings. The lowest BCUT2D eigenvalue weighted by atomic mass is 10.1. The maximum atomic E-state index is 12.0. The van der Waals surface area contributed by atoms with Crippen molar-refractivity contribution in [2.24, 2.45) is 5.92 Å². The van der Waals surface area contributed by atoms with Crippen LogP contribution < -0.4 is 15.4 Å². The van der Waals surface area contributed by atoms with Crippen LogP contribution in [0.2, 0.25) is 0 Å². The van der Waals surface area contributed by atoms with Gasteiger partial charge in [-0.15, -0.1) is 0 Å². The maximum Gasteiger partial charge on any atom is 0.319 e. The van der Waals surface area contributed by atoms with Gasteiger partial charge in [0.2, 0.25) is 0 Å². The summed E-state index contributed by atoms with van der Waals surface area (Å²) >= 11 is 0. The lowest BCUT2D eigenvalue weighted by Crippen LogP contribution is -2.33. The first kappa shape index (κ1) is 16.3. The van der Waals surface area contributed by atoms with E-state index in [0.717, 1.165) is 36.7 Å². The summed E-state index contributed by atoms with van der Waals surface area (Å²) in [7, 11) is 2.11. The molecule has 1 saturated heterocycles. The number of urea groups is 1. The maximum absolute atomic E-state index is 12.0. The Morgan fingerprint density at radius 1 is 1.12 bits per heavy atom. The van der Waals surface area contributed by atoms with Gasteiger partial charge in [-0.1, -0.05) is 18.2 Å². The second kappa shape index (κ2) is 7.84. The van der Waals surface area contributed by atoms with Gasteiger partial charge in [0, 0.05) is 18.8 Å². The van der Waals surface area contributed by atoms with Crippen LogP contribution in [0.15, 0.2) is 54.6 Å². The molecule has 2 aromatic carbocycles. The highest BCUT2D eigenvalue weighted by molar-refractivity contribution is 5.89. The fourth-order valence-electron chi connectivity index (χ4n) is 2.84. The number of anilines is 1. The lowest BCUT2D eigenvalue weighted by Gasteiger charge is -2.13. The molecule has 0 bridgehead atoms. The number of benzene rings is 2. The molecule has 0 saturated carbocycles. The third-order valence-electron chi connectivity index (χ3n) is 4.13. The third-order valence-corrected chi connectivity index (χ3v) is 4.13. The van der Waals surface area contributed by atoms with Crippen molar-refractivity contribution < 1.29 is 9.53 Å². The second-order valence-electron chi connectivity index (χ2n) is 6.19. The first-order valence-electron chi connectivity index (χ1n) is 8.25. The molecular formula is C19H23N3O2. The zero-order chi connectivity index (χ0) is 16.8. The van der Waals surface area contributed by atoms with Gasteiger partial charge in [0.1, 0.15) is 11.5 Å². The average Bonchev–Trinajstić information content (AvgIpc) is 3.01. The van der Waals surface area contributed by atoms with Crippen molar-refractivity contribution in [3.05, 3.63) is 54.6 Å². The Morgan fingerprint density at radius 3 is 2.50 bits per heavy atom. The third kappa shape index (κ3) is 4.73. The van der Waals surface area contributed by atoms with Crippen molar-refractivity contribution in [1.82, 2.24) is 10.2 Å². The molecule has 1 heterocycles. The number of amides is 2. The van der Waals surface area contributed by atoms with Crippen LogP contribution in [-0.4, -0.2) is 37.6 Å². The Labute approximate surface area is 142 Å². The van der Waals surface area contributed by atoms with E-state index in [1.54, 1.807) is 0 Å². The van der Waals surface area contributed by atoms with E-state index in [-0.39, 0.29) is 6.03 Å². The second-order valence-corrected chi connectivity index (χ2v) is 6.19. The Hall–Kier alpha value is -2.53. The van der Waals surface area contributed by atoms with Crippen molar-refractivity contribution in [2.75, 3.05) is 32.0 Å². The number of para-hydroxylation sites is 1. The number of rotatable bonds is 5. The zero-order valence-electron chi connectivity index (χ0n) is 13.9. The Morgan fingerprint density at radius 2 is 1.83 bits per heavy atom. The Kier molecular flexibility index (Phi) is 5.33. The molecule has 2 N–H and O–H groups in total. The average molecular weight is 325 g/mol. The minimum Gasteiger partial charge on any atom is -0.457 e. The van der Waals surface area contributed by atoms with E-state index in [2.05, 4.69) is 22.6 Å². The molecule has 0 radical (unpaired) electrons. The van der Waals surface area contributed by atoms with Gasteiger partial charge < -0.3 is 20.3 Å². The largest absolute Gasteiger partial charge is 0.457 e. The smallest absolute Gasteiger partial charge is 0.319 e. The van der Waals surface area contributed by atoms with Gasteiger partial charge >= 0.3 is 6.03 Å². The molecule has 1 fully saturated rings. The molecule has 126 valence electrons. The van der Waals surface area contributed by atoms with Crippen LogP contribution in [0.1, 0.15) is 6.42 Å². The fraction of sp³-hybridized carbons (Fsp3) is 0.316. The van der Waals surface area contributed by atoms with E-state index in [1.165, 1.54) is 0 Å². The number of likely N-dealkylation sites (tertiary alicyclic amines) is 1. The highest BCUT2D eigenvalue weighted by Crippen LogP contribution is 2.22. The predicted octanol–water partition coefficient (Wildman–Crippen LogP) is 3.55. The molecule has 0 unspecified atom stereocenters. The van der Waals surface area contributed by atoms with Gasteiger partial charge in [-0.05, 0) is 62.3 Å². The number of hydrogen-bond acceptors (Lipinski definition) is 3. The molecule has 1 atom stereocenters. The predicted molar refractivity (Wildman–Crippen MR) is 95.6 cm³/mol. The summed E-state index contributed by atoms with van der Waals surface area (Å²) in [6.07, 6.45) is 1.14. The highest BCUT2D eigenvalue weighted by atomic mass is 16.5. The van der Waals surface area contributed by atoms with E-state index < -0.39 is 0 Å². The fourth-order valence-corrected chi connectivity index (χ4v) is 2.84. The minimum atomic E-state index is -0.165. The highest BCUT2D eigenvalue weighted by Gasteiger charge is 2.19. The van der Waals surface area contributed by atoms with Crippen molar-refractivity contribution in [3.63, 3.8) is 0 Å². The van der Waals surface area contributed by atoms with Crippen LogP contribution >= 0.6 is 0 Å². The van der Waals surface area contributed by atoms with Gasteiger partial charge in [-0.25, -0.2) is 4.79 Å². The molecular weight excluding hydrogens is 302 g/mol. The molecule has 2 amide bonds. The SMILES string of the molecule is CN1CC[C@H](CNC(=O)Nc2ccc(Oc3ccccc3)cc2)C1. The van der Waals surface area contributed by atoms with E-state index in [4.69, 9.17) is 4.74 Å². The van der Waals surface area contributed by atoms with Crippen LogP contribution in [0.25, 0.3) is 0 Å². The Balaban J connectivity index is 1.46. The number of nitrogens with one attached hydrogen (secondary N) is 2. The van der Waals surface area contributed by atoms with E-state index in [0.29, 0.717) is 12.5 Å². The molecule has 0 spiro atoms. The van der Waals surface area contributed by atoms with Crippen LogP contribution in [0, 0.1) is 5.92 Å². The van der Waals surface area contributed by atoms with E-state index >= 15 is 0 Å². The number of nitrogens with zero attached hydrogens (tertiary/aromatic N) is 1. The summed E-state index contributed by atoms with van der Waals surface area (Å²) < 4.78 is 5.73. The van der Waals surface area contributed by atoms with Crippen molar-refractivity contribution in [2.45, 2.75) is 6.42 Å². The minimum absolute atomic E-state index is 0.165. The lowest BCUT2D eigenvalue weighted by molar-refractivity contribution is 0.250. The first-order chi connectivity index (χ1) is 11.7. The molecule has 5 heteroatoms. The molecule has 5 nitrogen and oxygen atoms in total. The van der Waals surface area contributed by atoms with Gasteiger partial charge in [0.25, 0.3) is 0 Å². The van der Waals surface area contributed by atoms with Crippen LogP contribution in [0.4, 0.5) is 10.5 Å². The molecule has 3 rings (SSSR count). The van der Waals surface area contributed by atoms with Crippen molar-refractivity contribution >= 4 is 11.7 Å². The standard InChI is InChI=1S/C19H23N3O2/c1-22-12-11-15(14-22)13-20-19(23)21-16-7-9-18(10-8-16)24-17-5-3-2-4-6-17/h2-10,15H,11-14H2,1H3,(H2,20,21,23)/t15-/m1/s1. The van der Waals surface area contributed by atoms with Gasteiger partial charge in [-0.3, -0.25) is 0 Å². The number of carbonyl (C=O) groups is 1. The zero-order valence-corrected chi connectivity index (χ0v) is 13.9. The molecule has 1 aliphatic heterocycles. The normalized spacial score (nSPS) is 17.5. The van der Waals surface area contributed by atoms with Crippen LogP contribution in [0.3, 0.4) is 0 Å². The van der Waals surface area contributed by atoms with Gasteiger partial charge in [0.05, 0.1) is 0 Å². The quantitative estimate of drug-likeness (QED) is 0.884. The summed E-state index contributed by atoms with van der Waals surface area (Å²) in [5.41, 5.74) is 0.747. The summed E-state index contributed by atoms with van der Waals surface area (Å²) in [5.74, 6) is 2.07. The van der Waals surface area contributed by atoms with Gasteiger partial charge in [0.15, 0.2) is 0 Å². The monoisotopic (exact) mass is 325 g/mol. The molecule has 1 aliphatic rings. The van der Waals surface area contributed by atoms with Crippen molar-refractivity contribution in [1.29, 1.82) is 0 Å². The van der Waals surface area contributed by atoms with E-state index in [9.17, 15) is 4.79 Å². The number of hydrogen-bond donors (Lipinski definition) is 2. The van der Waals surface area contributed by atoms with Crippen LogP contribution in [0.5, 0.6) is 11.5 Å². The number of ether oxygens (including phenoxy) is 1. The summed E-state index contributed by atoms with van der Waals surface area (Å²) in [4.78, 5) is 14.2. The van der Waals surface area contributed by atoms with E-state index in [1.807, 2.05) is 54.6 Å². The van der Waals surface area contributed by atoms with Gasteiger partial charge in [-0.2, -0.15) is 0 Å². The summed E-state index contributed by atoms with van der Waals surface area (Å²) in [5, 5.41) is 5.79. The summed E-state index contributed by atoms with van der Waals surface area (Å²) in [6.45, 7) is 2.87. The molecule has 0 aliphatic carbocycles. The Bertz CT molecular complexity index is 658. The topological polar surface area (TPSA) is 53.6 Å². The van der Waals surface area contributed by atoms with Crippen molar-refractivity contribution in [3.8, 4) is 11.5 Å².